The quantitative estimate of drug-likeness (QED) is 0.382. The Morgan fingerprint density at radius 3 is 2.39 bits per heavy atom. The first-order valence-electron chi connectivity index (χ1n) is 10.6. The van der Waals surface area contributed by atoms with Crippen LogP contribution in [0.3, 0.4) is 0 Å². The number of aromatic hydroxyl groups is 1. The van der Waals surface area contributed by atoms with Crippen molar-refractivity contribution < 1.29 is 19.7 Å². The predicted octanol–water partition coefficient (Wildman–Crippen LogP) is 3.04. The van der Waals surface area contributed by atoms with E-state index in [0.29, 0.717) is 31.9 Å². The Kier molecular flexibility index (Phi) is 6.76. The van der Waals surface area contributed by atoms with Gasteiger partial charge in [0, 0.05) is 17.3 Å². The number of carbonyl (C=O) groups is 1. The van der Waals surface area contributed by atoms with Gasteiger partial charge in [-0.05, 0) is 24.3 Å². The molecule has 1 saturated heterocycles. The minimum Gasteiger partial charge on any atom is -0.506 e. The average molecular weight is 468 g/mol. The number of piperazine rings is 1. The molecule has 0 aliphatic carbocycles. The van der Waals surface area contributed by atoms with Crippen molar-refractivity contribution >= 4 is 34.6 Å². The minimum absolute atomic E-state index is 0.0171. The van der Waals surface area contributed by atoms with Gasteiger partial charge in [0.15, 0.2) is 6.04 Å². The molecule has 33 heavy (non-hydrogen) atoms. The number of halogens is 1. The Balaban J connectivity index is 1.54. The predicted molar refractivity (Wildman–Crippen MR) is 127 cm³/mol. The number of carbonyl (C=O) groups excluding carboxylic acids is 1. The molecule has 0 saturated carbocycles. The van der Waals surface area contributed by atoms with Gasteiger partial charge in [-0.15, -0.1) is 0 Å². The molecular weight excluding hydrogens is 444 g/mol. The number of quaternary nitrogens is 1. The van der Waals surface area contributed by atoms with Gasteiger partial charge >= 0.3 is 0 Å². The summed E-state index contributed by atoms with van der Waals surface area (Å²) in [5.41, 5.74) is 1.72. The molecule has 3 aromatic carbocycles. The number of nitro groups is 1. The van der Waals surface area contributed by atoms with Crippen molar-refractivity contribution in [3.63, 3.8) is 0 Å². The standard InChI is InChI=1S/C24H23ClN4O4/c25-19-11-10-18(16-21(19)29(32)33)26-24(31)23(17-6-2-1-3-7-17)28-14-12-27(13-15-28)20-8-4-5-9-22(20)30/h1-11,16,23,30H,12-15H2,(H,26,31)/p+1/t23-/m1/s1. The number of anilines is 2. The van der Waals surface area contributed by atoms with E-state index in [0.717, 1.165) is 16.2 Å². The fourth-order valence-corrected chi connectivity index (χ4v) is 4.40. The summed E-state index contributed by atoms with van der Waals surface area (Å²) in [7, 11) is 0. The van der Waals surface area contributed by atoms with Crippen LogP contribution in [-0.4, -0.2) is 42.1 Å². The van der Waals surface area contributed by atoms with Crippen LogP contribution in [0, 0.1) is 10.1 Å². The Morgan fingerprint density at radius 1 is 1.06 bits per heavy atom. The molecule has 0 spiro atoms. The molecule has 1 amide bonds. The molecule has 0 aromatic heterocycles. The van der Waals surface area contributed by atoms with E-state index in [2.05, 4.69) is 10.2 Å². The number of amides is 1. The van der Waals surface area contributed by atoms with Crippen molar-refractivity contribution in [2.75, 3.05) is 36.4 Å². The van der Waals surface area contributed by atoms with Gasteiger partial charge in [-0.1, -0.05) is 54.1 Å². The molecule has 1 aliphatic rings. The molecule has 0 bridgehead atoms. The first kappa shape index (κ1) is 22.6. The summed E-state index contributed by atoms with van der Waals surface area (Å²) in [6.45, 7) is 2.72. The fourth-order valence-electron chi connectivity index (χ4n) is 4.22. The Hall–Kier alpha value is -3.62. The van der Waals surface area contributed by atoms with Gasteiger partial charge in [0.25, 0.3) is 11.6 Å². The molecule has 8 nitrogen and oxygen atoms in total. The number of hydrogen-bond acceptors (Lipinski definition) is 5. The van der Waals surface area contributed by atoms with Gasteiger partial charge in [-0.2, -0.15) is 0 Å². The van der Waals surface area contributed by atoms with E-state index < -0.39 is 11.0 Å². The summed E-state index contributed by atoms with van der Waals surface area (Å²) < 4.78 is 0. The number of nitrogens with one attached hydrogen (secondary N) is 2. The van der Waals surface area contributed by atoms with E-state index in [1.807, 2.05) is 42.5 Å². The topological polar surface area (TPSA) is 100 Å². The molecule has 3 N–H and O–H groups in total. The monoisotopic (exact) mass is 467 g/mol. The summed E-state index contributed by atoms with van der Waals surface area (Å²) in [5, 5.41) is 24.2. The van der Waals surface area contributed by atoms with Gasteiger partial charge in [0.2, 0.25) is 0 Å². The summed E-state index contributed by atoms with van der Waals surface area (Å²) in [4.78, 5) is 27.2. The van der Waals surface area contributed by atoms with Crippen molar-refractivity contribution in [3.8, 4) is 5.75 Å². The highest BCUT2D eigenvalue weighted by Gasteiger charge is 2.35. The number of hydrogen-bond donors (Lipinski definition) is 3. The van der Waals surface area contributed by atoms with Crippen LogP contribution in [-0.2, 0) is 4.79 Å². The molecule has 4 rings (SSSR count). The molecule has 1 atom stereocenters. The van der Waals surface area contributed by atoms with E-state index in [1.165, 1.54) is 12.1 Å². The molecule has 1 aliphatic heterocycles. The maximum atomic E-state index is 13.4. The van der Waals surface area contributed by atoms with Crippen molar-refractivity contribution in [1.82, 2.24) is 0 Å². The second kappa shape index (κ2) is 9.89. The lowest BCUT2D eigenvalue weighted by atomic mass is 10.0. The molecule has 1 fully saturated rings. The van der Waals surface area contributed by atoms with Crippen LogP contribution in [0.15, 0.2) is 72.8 Å². The van der Waals surface area contributed by atoms with E-state index >= 15 is 0 Å². The number of benzene rings is 3. The zero-order valence-electron chi connectivity index (χ0n) is 17.8. The summed E-state index contributed by atoms with van der Waals surface area (Å²) >= 11 is 5.90. The first-order valence-corrected chi connectivity index (χ1v) is 11.0. The zero-order chi connectivity index (χ0) is 23.4. The molecule has 9 heteroatoms. The molecule has 1 heterocycles. The van der Waals surface area contributed by atoms with Crippen LogP contribution in [0.5, 0.6) is 5.75 Å². The first-order chi connectivity index (χ1) is 15.9. The number of phenols is 1. The molecular formula is C24H24ClN4O4+. The second-order valence-corrected chi connectivity index (χ2v) is 8.30. The Labute approximate surface area is 196 Å². The number of phenolic OH excluding ortho intramolecular Hbond substituents is 1. The number of rotatable bonds is 6. The van der Waals surface area contributed by atoms with Gasteiger partial charge in [0.1, 0.15) is 10.8 Å². The van der Waals surface area contributed by atoms with Crippen molar-refractivity contribution in [3.05, 3.63) is 93.5 Å². The van der Waals surface area contributed by atoms with Crippen molar-refractivity contribution in [1.29, 1.82) is 0 Å². The SMILES string of the molecule is O=C(Nc1ccc(Cl)c([N+](=O)[O-])c1)[C@@H](c1ccccc1)[NH+]1CCN(c2ccccc2O)CC1. The maximum Gasteiger partial charge on any atom is 0.289 e. The van der Waals surface area contributed by atoms with Crippen LogP contribution < -0.4 is 15.1 Å². The lowest BCUT2D eigenvalue weighted by molar-refractivity contribution is -0.922. The third-order valence-electron chi connectivity index (χ3n) is 5.84. The van der Waals surface area contributed by atoms with Gasteiger partial charge in [0.05, 0.1) is 36.8 Å². The number of nitro benzene ring substituents is 1. The zero-order valence-corrected chi connectivity index (χ0v) is 18.5. The highest BCUT2D eigenvalue weighted by Crippen LogP contribution is 2.28. The normalized spacial score (nSPS) is 15.1. The van der Waals surface area contributed by atoms with Gasteiger partial charge in [-0.3, -0.25) is 14.9 Å². The summed E-state index contributed by atoms with van der Waals surface area (Å²) in [6.07, 6.45) is 0. The third-order valence-corrected chi connectivity index (χ3v) is 6.16. The number of nitrogens with zero attached hydrogens (tertiary/aromatic N) is 2. The lowest BCUT2D eigenvalue weighted by Gasteiger charge is -2.37. The minimum atomic E-state index is -0.573. The third kappa shape index (κ3) is 5.08. The lowest BCUT2D eigenvalue weighted by Crippen LogP contribution is -3.16. The summed E-state index contributed by atoms with van der Waals surface area (Å²) in [6, 6.07) is 20.5. The Morgan fingerprint density at radius 2 is 1.73 bits per heavy atom. The van der Waals surface area contributed by atoms with Crippen LogP contribution in [0.4, 0.5) is 17.1 Å². The highest BCUT2D eigenvalue weighted by molar-refractivity contribution is 6.32. The van der Waals surface area contributed by atoms with Crippen LogP contribution in [0.2, 0.25) is 5.02 Å². The largest absolute Gasteiger partial charge is 0.506 e. The van der Waals surface area contributed by atoms with E-state index in [-0.39, 0.29) is 22.4 Å². The maximum absolute atomic E-state index is 13.4. The molecule has 3 aromatic rings. The number of para-hydroxylation sites is 2. The van der Waals surface area contributed by atoms with Gasteiger partial charge < -0.3 is 20.2 Å². The second-order valence-electron chi connectivity index (χ2n) is 7.89. The van der Waals surface area contributed by atoms with Gasteiger partial charge in [-0.25, -0.2) is 0 Å². The van der Waals surface area contributed by atoms with Crippen LogP contribution >= 0.6 is 11.6 Å². The molecule has 0 unspecified atom stereocenters. The Bertz CT molecular complexity index is 1150. The average Bonchev–Trinajstić information content (AvgIpc) is 2.82. The van der Waals surface area contributed by atoms with Crippen LogP contribution in [0.25, 0.3) is 0 Å². The van der Waals surface area contributed by atoms with E-state index in [1.54, 1.807) is 18.2 Å². The van der Waals surface area contributed by atoms with Crippen molar-refractivity contribution in [2.45, 2.75) is 6.04 Å². The highest BCUT2D eigenvalue weighted by atomic mass is 35.5. The van der Waals surface area contributed by atoms with Crippen molar-refractivity contribution in [2.24, 2.45) is 0 Å². The molecule has 0 radical (unpaired) electrons. The van der Waals surface area contributed by atoms with E-state index in [4.69, 9.17) is 11.6 Å². The summed E-state index contributed by atoms with van der Waals surface area (Å²) in [5.74, 6) is -0.00790. The van der Waals surface area contributed by atoms with Crippen LogP contribution in [0.1, 0.15) is 11.6 Å². The smallest absolute Gasteiger partial charge is 0.289 e. The fraction of sp³-hybridized carbons (Fsp3) is 0.208. The molecule has 170 valence electrons. The van der Waals surface area contributed by atoms with E-state index in [9.17, 15) is 20.0 Å².